The smallest absolute Gasteiger partial charge is 1.00 e. The Bertz CT molecular complexity index is 19.7. The van der Waals surface area contributed by atoms with Gasteiger partial charge < -0.3 is 1.43 Å². The number of rotatable bonds is 0. The van der Waals surface area contributed by atoms with Gasteiger partial charge in [-0.15, -0.1) is 0 Å². The molecular weight excluding hydrogens is 184 g/mol. The van der Waals surface area contributed by atoms with Crippen molar-refractivity contribution >= 4 is 52.5 Å². The molecular formula is H5AlCl3NaSi. The molecule has 0 saturated carbocycles. The van der Waals surface area contributed by atoms with Crippen molar-refractivity contribution in [3.8, 4) is 0 Å². The van der Waals surface area contributed by atoms with Crippen molar-refractivity contribution in [3.05, 3.63) is 0 Å². The van der Waals surface area contributed by atoms with Crippen molar-refractivity contribution in [1.82, 2.24) is 0 Å². The second-order valence-electron chi connectivity index (χ2n) is 0.247. The van der Waals surface area contributed by atoms with Gasteiger partial charge in [-0.2, -0.15) is 0 Å². The molecule has 0 amide bonds. The van der Waals surface area contributed by atoms with E-state index in [0.29, 0.717) is 0 Å². The fourth-order valence-corrected chi connectivity index (χ4v) is 0. The van der Waals surface area contributed by atoms with Gasteiger partial charge in [0.1, 0.15) is 0 Å². The van der Waals surface area contributed by atoms with Crippen LogP contribution in [0, 0.1) is 0 Å². The summed E-state index contributed by atoms with van der Waals surface area (Å²) in [5, 5.41) is 0. The Morgan fingerprint density at radius 2 is 1.17 bits per heavy atom. The quantitative estimate of drug-likeness (QED) is 0.365. The van der Waals surface area contributed by atoms with E-state index in [1.165, 1.54) is 0 Å². The zero-order chi connectivity index (χ0) is 3.58. The third-order valence-corrected chi connectivity index (χ3v) is 0. The molecule has 6 heteroatoms. The van der Waals surface area contributed by atoms with Crippen LogP contribution in [0.4, 0.5) is 0 Å². The van der Waals surface area contributed by atoms with Crippen molar-refractivity contribution in [3.63, 3.8) is 0 Å². The van der Waals surface area contributed by atoms with Crippen LogP contribution in [0.2, 0.25) is 0 Å². The van der Waals surface area contributed by atoms with Gasteiger partial charge in [0.25, 0.3) is 0 Å². The van der Waals surface area contributed by atoms with Gasteiger partial charge in [0.15, 0.2) is 0 Å². The second kappa shape index (κ2) is 10.6. The first-order valence-electron chi connectivity index (χ1n) is 0.655. The summed E-state index contributed by atoms with van der Waals surface area (Å²) in [6.45, 7) is 0. The summed E-state index contributed by atoms with van der Waals surface area (Å²) in [5.41, 5.74) is 0. The standard InChI is InChI=1S/Al.3ClH.Na.H4Si.H/h;3*1H;;1H4;/q+3;;;;+1;;-1/p-3. The van der Waals surface area contributed by atoms with E-state index in [1.807, 2.05) is 0 Å². The molecule has 0 radical (unpaired) electrons. The summed E-state index contributed by atoms with van der Waals surface area (Å²) in [6.07, 6.45) is 0. The third-order valence-electron chi connectivity index (χ3n) is 0. The van der Waals surface area contributed by atoms with E-state index in [-0.39, 0.29) is 41.9 Å². The van der Waals surface area contributed by atoms with Crippen LogP contribution in [0.25, 0.3) is 0 Å². The fraction of sp³-hybridized carbons (Fsp3) is 0. The zero-order valence-electron chi connectivity index (χ0n) is 3.71. The van der Waals surface area contributed by atoms with Crippen LogP contribution in [0.5, 0.6) is 0 Å². The van der Waals surface area contributed by atoms with Gasteiger partial charge in [0.05, 0.1) is 0 Å². The average Bonchev–Trinajstić information content (AvgIpc) is 0.811. The van der Waals surface area contributed by atoms with Crippen LogP contribution in [0.15, 0.2) is 0 Å². The van der Waals surface area contributed by atoms with Gasteiger partial charge >= 0.3 is 40.9 Å². The van der Waals surface area contributed by atoms with E-state index in [1.54, 1.807) is 0 Å². The molecule has 0 aliphatic heterocycles. The van der Waals surface area contributed by atoms with E-state index in [2.05, 4.69) is 0 Å². The number of halogens is 3. The minimum absolute atomic E-state index is 0. The van der Waals surface area contributed by atoms with Crippen LogP contribution < -0.4 is 29.6 Å². The predicted octanol–water partition coefficient (Wildman–Crippen LogP) is -2.65. The van der Waals surface area contributed by atoms with Crippen molar-refractivity contribution < 1.29 is 31.0 Å². The summed E-state index contributed by atoms with van der Waals surface area (Å²) >= 11 is -1.72. The maximum atomic E-state index is 4.94. The fourth-order valence-electron chi connectivity index (χ4n) is 0. The molecule has 0 heterocycles. The number of hydrogen-bond donors (Lipinski definition) is 0. The summed E-state index contributed by atoms with van der Waals surface area (Å²) in [6, 6.07) is 0. The van der Waals surface area contributed by atoms with Crippen LogP contribution in [0.1, 0.15) is 1.43 Å². The topological polar surface area (TPSA) is 0 Å². The summed E-state index contributed by atoms with van der Waals surface area (Å²) in [4.78, 5) is 0. The third kappa shape index (κ3) is 30.5. The van der Waals surface area contributed by atoms with Crippen molar-refractivity contribution in [1.29, 1.82) is 0 Å². The first-order valence-corrected chi connectivity index (χ1v) is 5.89. The van der Waals surface area contributed by atoms with E-state index < -0.39 is 11.4 Å². The van der Waals surface area contributed by atoms with Crippen molar-refractivity contribution in [2.75, 3.05) is 0 Å². The molecule has 0 aromatic heterocycles. The predicted molar refractivity (Wildman–Crippen MR) is 35.8 cm³/mol. The monoisotopic (exact) mass is 188 g/mol. The van der Waals surface area contributed by atoms with Crippen LogP contribution in [-0.4, -0.2) is 22.3 Å². The Labute approximate surface area is 82.3 Å². The second-order valence-corrected chi connectivity index (χ2v) is 6.68. The van der Waals surface area contributed by atoms with Gasteiger partial charge in [-0.1, -0.05) is 0 Å². The normalized spacial score (nSPS) is 4.50. The Balaban J connectivity index is -0.0000000150. The van der Waals surface area contributed by atoms with Crippen LogP contribution in [0.3, 0.4) is 0 Å². The van der Waals surface area contributed by atoms with E-state index in [9.17, 15) is 0 Å². The Hall–Kier alpha value is 2.62. The first kappa shape index (κ1) is 15.8. The molecule has 0 N–H and O–H groups in total. The van der Waals surface area contributed by atoms with Gasteiger partial charge in [0.2, 0.25) is 0 Å². The zero-order valence-corrected chi connectivity index (χ0v) is 8.13. The molecule has 0 bridgehead atoms. The molecule has 0 nitrogen and oxygen atoms in total. The molecule has 0 spiro atoms. The van der Waals surface area contributed by atoms with Gasteiger partial charge in [-0.3, -0.25) is 0 Å². The van der Waals surface area contributed by atoms with E-state index >= 15 is 0 Å². The van der Waals surface area contributed by atoms with Gasteiger partial charge in [0, 0.05) is 0 Å². The molecule has 0 rings (SSSR count). The largest absolute Gasteiger partial charge is 1.00 e. The Kier molecular flexibility index (Phi) is 27.9. The molecule has 0 aromatic carbocycles. The summed E-state index contributed by atoms with van der Waals surface area (Å²) in [7, 11) is 14.8. The number of hydrogen-bond acceptors (Lipinski definition) is 0. The van der Waals surface area contributed by atoms with Gasteiger partial charge in [-0.05, 0) is 11.0 Å². The molecule has 0 fully saturated rings. The average molecular weight is 189 g/mol. The van der Waals surface area contributed by atoms with Crippen molar-refractivity contribution in [2.24, 2.45) is 0 Å². The summed E-state index contributed by atoms with van der Waals surface area (Å²) < 4.78 is 0. The first-order chi connectivity index (χ1) is 1.73. The molecule has 0 aliphatic carbocycles. The molecule has 6 heavy (non-hydrogen) atoms. The Morgan fingerprint density at radius 3 is 1.17 bits per heavy atom. The molecule has 0 unspecified atom stereocenters. The van der Waals surface area contributed by atoms with Gasteiger partial charge in [-0.25, -0.2) is 30.1 Å². The summed E-state index contributed by atoms with van der Waals surface area (Å²) in [5.74, 6) is 0. The molecule has 0 aliphatic rings. The maximum Gasteiger partial charge on any atom is 1.00 e. The minimum atomic E-state index is -1.72. The minimum Gasteiger partial charge on any atom is -1.00 e. The Morgan fingerprint density at radius 1 is 1.17 bits per heavy atom. The SMILES string of the molecule is [Cl][Al]([Cl])[Cl].[H-].[Na+].[SiH4]. The van der Waals surface area contributed by atoms with E-state index in [4.69, 9.17) is 30.1 Å². The van der Waals surface area contributed by atoms with Crippen LogP contribution >= 0.6 is 30.1 Å². The molecule has 0 aromatic rings. The van der Waals surface area contributed by atoms with Crippen molar-refractivity contribution in [2.45, 2.75) is 0 Å². The molecule has 34 valence electrons. The van der Waals surface area contributed by atoms with E-state index in [0.717, 1.165) is 0 Å². The molecule has 0 saturated heterocycles. The maximum absolute atomic E-state index is 4.94. The molecule has 0 atom stereocenters. The van der Waals surface area contributed by atoms with Crippen LogP contribution in [-0.2, 0) is 0 Å².